The summed E-state index contributed by atoms with van der Waals surface area (Å²) < 4.78 is 52.8. The summed E-state index contributed by atoms with van der Waals surface area (Å²) in [6.07, 6.45) is 1.56. The van der Waals surface area contributed by atoms with Gasteiger partial charge >= 0.3 is 0 Å². The Kier molecular flexibility index (Phi) is 9.14. The monoisotopic (exact) mass is 495 g/mol. The number of sulfonamides is 1. The number of halogens is 2. The zero-order valence-electron chi connectivity index (χ0n) is 20.0. The van der Waals surface area contributed by atoms with E-state index in [1.54, 1.807) is 13.0 Å². The third-order valence-corrected chi connectivity index (χ3v) is 6.78. The Bertz CT molecular complexity index is 1140. The fraction of sp³-hybridized carbons (Fsp3) is 0.417. The van der Waals surface area contributed by atoms with E-state index in [2.05, 4.69) is 5.32 Å². The maximum absolute atomic E-state index is 13.8. The van der Waals surface area contributed by atoms with Crippen LogP contribution in [0.15, 0.2) is 42.5 Å². The van der Waals surface area contributed by atoms with Gasteiger partial charge in [-0.3, -0.25) is 13.9 Å². The maximum atomic E-state index is 13.8. The summed E-state index contributed by atoms with van der Waals surface area (Å²) in [4.78, 5) is 27.5. The Balaban J connectivity index is 2.42. The van der Waals surface area contributed by atoms with Gasteiger partial charge in [-0.05, 0) is 50.5 Å². The van der Waals surface area contributed by atoms with Crippen LogP contribution in [-0.2, 0) is 26.2 Å². The third kappa shape index (κ3) is 6.99. The lowest BCUT2D eigenvalue weighted by atomic mass is 10.1. The molecule has 2 amide bonds. The number of rotatable bonds is 10. The Labute approximate surface area is 199 Å². The van der Waals surface area contributed by atoms with Crippen LogP contribution < -0.4 is 9.62 Å². The second kappa shape index (κ2) is 11.4. The SMILES string of the molecule is CC[C@@H](C)NC(=O)[C@@H](C)N(Cc1ccccc1C)C(=O)CN(c1ccc(F)c(F)c1)S(C)(=O)=O. The van der Waals surface area contributed by atoms with Crippen LogP contribution in [0.4, 0.5) is 14.5 Å². The van der Waals surface area contributed by atoms with Gasteiger partial charge in [0.05, 0.1) is 11.9 Å². The van der Waals surface area contributed by atoms with E-state index < -0.39 is 40.2 Å². The highest BCUT2D eigenvalue weighted by molar-refractivity contribution is 7.92. The number of carbonyl (C=O) groups excluding carboxylic acids is 2. The summed E-state index contributed by atoms with van der Waals surface area (Å²) in [7, 11) is -4.03. The molecule has 2 aromatic rings. The molecule has 0 heterocycles. The number of nitrogens with zero attached hydrogens (tertiary/aromatic N) is 2. The van der Waals surface area contributed by atoms with Gasteiger partial charge in [-0.2, -0.15) is 0 Å². The van der Waals surface area contributed by atoms with Gasteiger partial charge in [-0.25, -0.2) is 17.2 Å². The smallest absolute Gasteiger partial charge is 0.244 e. The van der Waals surface area contributed by atoms with Crippen molar-refractivity contribution in [3.8, 4) is 0 Å². The van der Waals surface area contributed by atoms with Crippen molar-refractivity contribution in [3.63, 3.8) is 0 Å². The molecule has 2 aromatic carbocycles. The molecular weight excluding hydrogens is 464 g/mol. The van der Waals surface area contributed by atoms with Crippen LogP contribution in [0.2, 0.25) is 0 Å². The zero-order chi connectivity index (χ0) is 25.6. The Morgan fingerprint density at radius 1 is 1.06 bits per heavy atom. The molecule has 2 atom stereocenters. The summed E-state index contributed by atoms with van der Waals surface area (Å²) in [5.41, 5.74) is 1.50. The summed E-state index contributed by atoms with van der Waals surface area (Å²) in [5, 5.41) is 2.84. The van der Waals surface area contributed by atoms with Crippen molar-refractivity contribution in [3.05, 3.63) is 65.2 Å². The highest BCUT2D eigenvalue weighted by Gasteiger charge is 2.31. The number of hydrogen-bond donors (Lipinski definition) is 1. The van der Waals surface area contributed by atoms with E-state index in [1.165, 1.54) is 4.90 Å². The Morgan fingerprint density at radius 3 is 2.26 bits per heavy atom. The number of aryl methyl sites for hydroxylation is 1. The molecule has 2 rings (SSSR count). The number of benzene rings is 2. The Hall–Kier alpha value is -3.01. The molecule has 1 N–H and O–H groups in total. The number of carbonyl (C=O) groups is 2. The second-order valence-corrected chi connectivity index (χ2v) is 10.2. The number of anilines is 1. The van der Waals surface area contributed by atoms with Crippen LogP contribution in [0.3, 0.4) is 0 Å². The zero-order valence-corrected chi connectivity index (χ0v) is 20.8. The maximum Gasteiger partial charge on any atom is 0.244 e. The quantitative estimate of drug-likeness (QED) is 0.548. The van der Waals surface area contributed by atoms with Gasteiger partial charge in [-0.1, -0.05) is 31.2 Å². The van der Waals surface area contributed by atoms with Crippen LogP contribution in [0.5, 0.6) is 0 Å². The van der Waals surface area contributed by atoms with Crippen LogP contribution in [0.25, 0.3) is 0 Å². The Morgan fingerprint density at radius 2 is 1.71 bits per heavy atom. The van der Waals surface area contributed by atoms with Gasteiger partial charge in [0.15, 0.2) is 11.6 Å². The highest BCUT2D eigenvalue weighted by Crippen LogP contribution is 2.22. The minimum absolute atomic E-state index is 0.0655. The van der Waals surface area contributed by atoms with Crippen LogP contribution in [0.1, 0.15) is 38.3 Å². The molecular formula is C24H31F2N3O4S. The summed E-state index contributed by atoms with van der Waals surface area (Å²) in [6.45, 7) is 6.57. The number of amides is 2. The molecule has 0 saturated carbocycles. The molecule has 0 aliphatic carbocycles. The molecule has 186 valence electrons. The number of nitrogens with one attached hydrogen (secondary N) is 1. The van der Waals surface area contributed by atoms with Crippen molar-refractivity contribution in [2.75, 3.05) is 17.1 Å². The molecule has 0 aliphatic heterocycles. The first-order valence-electron chi connectivity index (χ1n) is 10.9. The molecule has 0 spiro atoms. The van der Waals surface area contributed by atoms with E-state index in [1.807, 2.05) is 39.0 Å². The summed E-state index contributed by atoms with van der Waals surface area (Å²) >= 11 is 0. The van der Waals surface area contributed by atoms with Gasteiger partial charge in [0, 0.05) is 18.7 Å². The molecule has 0 aromatic heterocycles. The van der Waals surface area contributed by atoms with Crippen molar-refractivity contribution in [1.82, 2.24) is 10.2 Å². The molecule has 0 bridgehead atoms. The molecule has 0 radical (unpaired) electrons. The van der Waals surface area contributed by atoms with Crippen LogP contribution >= 0.6 is 0 Å². The van der Waals surface area contributed by atoms with Gasteiger partial charge in [0.25, 0.3) is 0 Å². The predicted molar refractivity (Wildman–Crippen MR) is 128 cm³/mol. The van der Waals surface area contributed by atoms with Gasteiger partial charge < -0.3 is 10.2 Å². The standard InChI is InChI=1S/C24H31F2N3O4S/c1-6-17(3)27-24(31)18(4)28(14-19-10-8-7-9-16(19)2)23(30)15-29(34(5,32)33)20-11-12-21(25)22(26)13-20/h7-13,17-18H,6,14-15H2,1-5H3,(H,27,31)/t17-,18-/m1/s1. The lowest BCUT2D eigenvalue weighted by molar-refractivity contribution is -0.139. The first kappa shape index (κ1) is 27.2. The van der Waals surface area contributed by atoms with E-state index in [0.717, 1.165) is 29.5 Å². The van der Waals surface area contributed by atoms with Crippen molar-refractivity contribution < 1.29 is 26.8 Å². The number of hydrogen-bond acceptors (Lipinski definition) is 4. The van der Waals surface area contributed by atoms with Crippen molar-refractivity contribution in [2.24, 2.45) is 0 Å². The minimum atomic E-state index is -4.03. The first-order chi connectivity index (χ1) is 15.8. The molecule has 10 heteroatoms. The largest absolute Gasteiger partial charge is 0.352 e. The predicted octanol–water partition coefficient (Wildman–Crippen LogP) is 3.37. The fourth-order valence-corrected chi connectivity index (χ4v) is 4.11. The van der Waals surface area contributed by atoms with Crippen molar-refractivity contribution in [2.45, 2.75) is 52.7 Å². The molecule has 0 aliphatic rings. The topological polar surface area (TPSA) is 86.8 Å². The lowest BCUT2D eigenvalue weighted by Gasteiger charge is -2.32. The van der Waals surface area contributed by atoms with Crippen LogP contribution in [0, 0.1) is 18.6 Å². The highest BCUT2D eigenvalue weighted by atomic mass is 32.2. The molecule has 34 heavy (non-hydrogen) atoms. The fourth-order valence-electron chi connectivity index (χ4n) is 3.27. The van der Waals surface area contributed by atoms with E-state index >= 15 is 0 Å². The van der Waals surface area contributed by atoms with Crippen molar-refractivity contribution >= 4 is 27.5 Å². The molecule has 0 unspecified atom stereocenters. The third-order valence-electron chi connectivity index (χ3n) is 5.64. The lowest BCUT2D eigenvalue weighted by Crippen LogP contribution is -2.52. The van der Waals surface area contributed by atoms with Gasteiger partial charge in [0.1, 0.15) is 12.6 Å². The van der Waals surface area contributed by atoms with E-state index in [9.17, 15) is 26.8 Å². The van der Waals surface area contributed by atoms with Crippen LogP contribution in [-0.4, -0.2) is 50.0 Å². The molecule has 0 saturated heterocycles. The summed E-state index contributed by atoms with van der Waals surface area (Å²) in [5.74, 6) is -3.42. The van der Waals surface area contributed by atoms with E-state index in [4.69, 9.17) is 0 Å². The summed E-state index contributed by atoms with van der Waals surface area (Å²) in [6, 6.07) is 8.90. The molecule has 0 fully saturated rings. The minimum Gasteiger partial charge on any atom is -0.352 e. The van der Waals surface area contributed by atoms with Crippen molar-refractivity contribution in [1.29, 1.82) is 0 Å². The van der Waals surface area contributed by atoms with E-state index in [0.29, 0.717) is 16.8 Å². The van der Waals surface area contributed by atoms with Gasteiger partial charge in [0.2, 0.25) is 21.8 Å². The van der Waals surface area contributed by atoms with E-state index in [-0.39, 0.29) is 24.2 Å². The second-order valence-electron chi connectivity index (χ2n) is 8.31. The first-order valence-corrected chi connectivity index (χ1v) is 12.8. The average Bonchev–Trinajstić information content (AvgIpc) is 2.77. The average molecular weight is 496 g/mol. The van der Waals surface area contributed by atoms with Gasteiger partial charge in [-0.15, -0.1) is 0 Å². The molecule has 7 nitrogen and oxygen atoms in total. The normalized spacial score (nSPS) is 13.1.